The fourth-order valence-electron chi connectivity index (χ4n) is 3.13. The van der Waals surface area contributed by atoms with Gasteiger partial charge in [0.05, 0.1) is 0 Å². The molecule has 0 spiro atoms. The fraction of sp³-hybridized carbons (Fsp3) is 0.647. The van der Waals surface area contributed by atoms with Gasteiger partial charge in [0.25, 0.3) is 0 Å². The zero-order chi connectivity index (χ0) is 12.3. The van der Waals surface area contributed by atoms with Gasteiger partial charge < -0.3 is 0 Å². The van der Waals surface area contributed by atoms with Gasteiger partial charge in [-0.2, -0.15) is 0 Å². The van der Waals surface area contributed by atoms with Crippen LogP contribution in [0, 0.1) is 25.7 Å². The predicted octanol–water partition coefficient (Wildman–Crippen LogP) is 5.06. The molecule has 0 bridgehead atoms. The van der Waals surface area contributed by atoms with Gasteiger partial charge in [0.2, 0.25) is 0 Å². The Kier molecular flexibility index (Phi) is 4.25. The molecule has 1 aromatic rings. The van der Waals surface area contributed by atoms with Crippen LogP contribution in [0.3, 0.4) is 0 Å². The Hall–Kier alpha value is -0.780. The van der Waals surface area contributed by atoms with E-state index in [4.69, 9.17) is 0 Å². The van der Waals surface area contributed by atoms with E-state index in [0.29, 0.717) is 0 Å². The van der Waals surface area contributed by atoms with E-state index in [-0.39, 0.29) is 0 Å². The molecule has 1 unspecified atom stereocenters. The Morgan fingerprint density at radius 1 is 1.06 bits per heavy atom. The Morgan fingerprint density at radius 3 is 2.53 bits per heavy atom. The lowest BCUT2D eigenvalue weighted by atomic mass is 9.77. The fourth-order valence-corrected chi connectivity index (χ4v) is 3.13. The quantitative estimate of drug-likeness (QED) is 0.680. The van der Waals surface area contributed by atoms with Gasteiger partial charge in [-0.05, 0) is 55.2 Å². The predicted molar refractivity (Wildman–Crippen MR) is 75.4 cm³/mol. The maximum Gasteiger partial charge on any atom is -0.0276 e. The van der Waals surface area contributed by atoms with Gasteiger partial charge in [-0.25, -0.2) is 0 Å². The summed E-state index contributed by atoms with van der Waals surface area (Å²) in [5.74, 6) is 1.93. The lowest BCUT2D eigenvalue weighted by molar-refractivity contribution is 0.242. The summed E-state index contributed by atoms with van der Waals surface area (Å²) < 4.78 is 0. The molecule has 0 N–H and O–H groups in total. The third kappa shape index (κ3) is 3.34. The molecule has 0 amide bonds. The Balaban J connectivity index is 1.90. The van der Waals surface area contributed by atoms with E-state index >= 15 is 0 Å². The summed E-state index contributed by atoms with van der Waals surface area (Å²) in [6.07, 6.45) is 8.51. The minimum Gasteiger partial charge on any atom is -0.0622 e. The van der Waals surface area contributed by atoms with E-state index in [1.54, 1.807) is 0 Å². The van der Waals surface area contributed by atoms with E-state index in [1.165, 1.54) is 55.2 Å². The van der Waals surface area contributed by atoms with Crippen LogP contribution in [0.5, 0.6) is 0 Å². The SMILES string of the molecule is Cc1ccc(CC[C@H]2CCCCC2C)cc1C. The van der Waals surface area contributed by atoms with Crippen molar-refractivity contribution < 1.29 is 0 Å². The highest BCUT2D eigenvalue weighted by Crippen LogP contribution is 2.32. The van der Waals surface area contributed by atoms with Crippen molar-refractivity contribution in [2.45, 2.75) is 59.3 Å². The van der Waals surface area contributed by atoms with E-state index < -0.39 is 0 Å². The molecular formula is C17H26. The third-order valence-corrected chi connectivity index (χ3v) is 4.66. The van der Waals surface area contributed by atoms with Crippen LogP contribution in [-0.4, -0.2) is 0 Å². The van der Waals surface area contributed by atoms with E-state index in [9.17, 15) is 0 Å². The molecule has 1 saturated carbocycles. The summed E-state index contributed by atoms with van der Waals surface area (Å²) in [4.78, 5) is 0. The van der Waals surface area contributed by atoms with Crippen molar-refractivity contribution in [3.8, 4) is 0 Å². The number of aryl methyl sites for hydroxylation is 3. The van der Waals surface area contributed by atoms with Gasteiger partial charge in [-0.1, -0.05) is 50.8 Å². The minimum atomic E-state index is 0.954. The van der Waals surface area contributed by atoms with Crippen molar-refractivity contribution in [2.75, 3.05) is 0 Å². The van der Waals surface area contributed by atoms with E-state index in [1.807, 2.05) is 0 Å². The van der Waals surface area contributed by atoms with Gasteiger partial charge >= 0.3 is 0 Å². The van der Waals surface area contributed by atoms with Gasteiger partial charge in [0.15, 0.2) is 0 Å². The number of benzene rings is 1. The van der Waals surface area contributed by atoms with Crippen LogP contribution in [0.1, 0.15) is 55.7 Å². The molecule has 0 aliphatic heterocycles. The molecule has 2 rings (SSSR count). The summed E-state index contributed by atoms with van der Waals surface area (Å²) in [5, 5.41) is 0. The topological polar surface area (TPSA) is 0 Å². The first-order valence-electron chi connectivity index (χ1n) is 7.23. The lowest BCUT2D eigenvalue weighted by Gasteiger charge is -2.28. The van der Waals surface area contributed by atoms with Crippen LogP contribution in [-0.2, 0) is 6.42 Å². The molecular weight excluding hydrogens is 204 g/mol. The molecule has 1 fully saturated rings. The van der Waals surface area contributed by atoms with Gasteiger partial charge in [-0.3, -0.25) is 0 Å². The van der Waals surface area contributed by atoms with E-state index in [2.05, 4.69) is 39.0 Å². The first-order valence-corrected chi connectivity index (χ1v) is 7.23. The summed E-state index contributed by atoms with van der Waals surface area (Å²) in [6.45, 7) is 6.87. The van der Waals surface area contributed by atoms with Crippen molar-refractivity contribution in [1.29, 1.82) is 0 Å². The van der Waals surface area contributed by atoms with Gasteiger partial charge in [0.1, 0.15) is 0 Å². The summed E-state index contributed by atoms with van der Waals surface area (Å²) in [5.41, 5.74) is 4.39. The highest BCUT2D eigenvalue weighted by molar-refractivity contribution is 5.29. The molecule has 1 aliphatic carbocycles. The second-order valence-electron chi connectivity index (χ2n) is 5.98. The van der Waals surface area contributed by atoms with Gasteiger partial charge in [-0.15, -0.1) is 0 Å². The third-order valence-electron chi connectivity index (χ3n) is 4.66. The van der Waals surface area contributed by atoms with E-state index in [0.717, 1.165) is 11.8 Å². The van der Waals surface area contributed by atoms with Crippen molar-refractivity contribution in [3.05, 3.63) is 34.9 Å². The molecule has 1 aliphatic rings. The van der Waals surface area contributed by atoms with Crippen LogP contribution in [0.2, 0.25) is 0 Å². The maximum atomic E-state index is 2.45. The zero-order valence-corrected chi connectivity index (χ0v) is 11.6. The molecule has 0 nitrogen and oxygen atoms in total. The Labute approximate surface area is 106 Å². The molecule has 17 heavy (non-hydrogen) atoms. The monoisotopic (exact) mass is 230 g/mol. The average Bonchev–Trinajstić information content (AvgIpc) is 2.32. The molecule has 0 aromatic heterocycles. The molecule has 0 heterocycles. The standard InChI is InChI=1S/C17H26/c1-13-8-9-16(12-15(13)3)10-11-17-7-5-4-6-14(17)2/h8-9,12,14,17H,4-7,10-11H2,1-3H3/t14?,17-/m1/s1. The highest BCUT2D eigenvalue weighted by atomic mass is 14.3. The zero-order valence-electron chi connectivity index (χ0n) is 11.6. The normalized spacial score (nSPS) is 24.9. The van der Waals surface area contributed by atoms with Crippen LogP contribution in [0.4, 0.5) is 0 Å². The summed E-state index contributed by atoms with van der Waals surface area (Å²) >= 11 is 0. The first-order chi connectivity index (χ1) is 8.16. The van der Waals surface area contributed by atoms with Crippen LogP contribution >= 0.6 is 0 Å². The summed E-state index contributed by atoms with van der Waals surface area (Å²) in [6, 6.07) is 6.97. The lowest BCUT2D eigenvalue weighted by Crippen LogP contribution is -2.17. The number of hydrogen-bond acceptors (Lipinski definition) is 0. The second kappa shape index (κ2) is 5.71. The van der Waals surface area contributed by atoms with Crippen molar-refractivity contribution in [2.24, 2.45) is 11.8 Å². The Bertz CT molecular complexity index is 364. The highest BCUT2D eigenvalue weighted by Gasteiger charge is 2.20. The van der Waals surface area contributed by atoms with Crippen molar-refractivity contribution in [3.63, 3.8) is 0 Å². The Morgan fingerprint density at radius 2 is 1.82 bits per heavy atom. The molecule has 1 aromatic carbocycles. The molecule has 2 atom stereocenters. The van der Waals surface area contributed by atoms with Crippen LogP contribution < -0.4 is 0 Å². The minimum absolute atomic E-state index is 0.954. The largest absolute Gasteiger partial charge is 0.0622 e. The van der Waals surface area contributed by atoms with Crippen molar-refractivity contribution >= 4 is 0 Å². The summed E-state index contributed by atoms with van der Waals surface area (Å²) in [7, 11) is 0. The maximum absolute atomic E-state index is 2.45. The molecule has 0 radical (unpaired) electrons. The average molecular weight is 230 g/mol. The number of hydrogen-bond donors (Lipinski definition) is 0. The van der Waals surface area contributed by atoms with Crippen LogP contribution in [0.25, 0.3) is 0 Å². The molecule has 94 valence electrons. The van der Waals surface area contributed by atoms with Gasteiger partial charge in [0, 0.05) is 0 Å². The van der Waals surface area contributed by atoms with Crippen molar-refractivity contribution in [1.82, 2.24) is 0 Å². The molecule has 0 saturated heterocycles. The first kappa shape index (κ1) is 12.7. The molecule has 0 heteroatoms. The second-order valence-corrected chi connectivity index (χ2v) is 5.98. The van der Waals surface area contributed by atoms with Crippen LogP contribution in [0.15, 0.2) is 18.2 Å². The number of rotatable bonds is 3. The smallest absolute Gasteiger partial charge is 0.0276 e.